The second kappa shape index (κ2) is 15.8. The van der Waals surface area contributed by atoms with Crippen LogP contribution in [0.3, 0.4) is 0 Å². The maximum atomic E-state index is 15.5. The highest BCUT2D eigenvalue weighted by Crippen LogP contribution is 2.35. The lowest BCUT2D eigenvalue weighted by atomic mass is 9.82. The van der Waals surface area contributed by atoms with Gasteiger partial charge in [0.1, 0.15) is 11.9 Å². The number of aromatic nitrogens is 4. The lowest BCUT2D eigenvalue weighted by Crippen LogP contribution is -2.56. The third-order valence-corrected chi connectivity index (χ3v) is 10.6. The molecule has 51 heavy (non-hydrogen) atoms. The summed E-state index contributed by atoms with van der Waals surface area (Å²) in [5.74, 6) is -0.921. The van der Waals surface area contributed by atoms with Crippen molar-refractivity contribution in [3.05, 3.63) is 132 Å². The van der Waals surface area contributed by atoms with Gasteiger partial charge in [0.05, 0.1) is 18.4 Å². The van der Waals surface area contributed by atoms with E-state index in [1.165, 1.54) is 4.90 Å². The van der Waals surface area contributed by atoms with Crippen molar-refractivity contribution >= 4 is 33.4 Å². The molecule has 3 atom stereocenters. The SMILES string of the molecule is N[C@@H](Cc1cnc[nH]1)C(=O)N(C(=O)C(Cc1cccc2ccccc12)Cc1cccc2ccccc12)[C@@H](CC1CCCCC1)[C@@H](O)c1ncc[nH]1. The van der Waals surface area contributed by atoms with Gasteiger partial charge in [-0.05, 0) is 57.9 Å². The topological polar surface area (TPSA) is 141 Å². The Bertz CT molecular complexity index is 1960. The fraction of sp³-hybridized carbons (Fsp3) is 0.333. The molecule has 4 aromatic carbocycles. The number of amides is 2. The Morgan fingerprint density at radius 2 is 1.43 bits per heavy atom. The maximum Gasteiger partial charge on any atom is 0.246 e. The summed E-state index contributed by atoms with van der Waals surface area (Å²) in [6.07, 6.45) is 11.9. The Balaban J connectivity index is 1.34. The average Bonchev–Trinajstić information content (AvgIpc) is 3.90. The molecule has 1 fully saturated rings. The number of H-pyrrole nitrogens is 2. The highest BCUT2D eigenvalue weighted by atomic mass is 16.3. The van der Waals surface area contributed by atoms with Crippen LogP contribution in [-0.4, -0.2) is 53.8 Å². The van der Waals surface area contributed by atoms with Crippen LogP contribution in [-0.2, 0) is 28.9 Å². The van der Waals surface area contributed by atoms with Crippen molar-refractivity contribution in [1.82, 2.24) is 24.8 Å². The van der Waals surface area contributed by atoms with Gasteiger partial charge < -0.3 is 20.8 Å². The number of aliphatic hydroxyl groups excluding tert-OH is 1. The standard InChI is InChI=1S/C42H46N6O3/c43-37(25-34-26-44-27-47-34)42(51)48(38(22-28-10-2-1-3-11-28)39(49)40-45-20-21-46-40)41(50)33(23-31-16-8-14-29-12-4-6-18-35(29)31)24-32-17-9-15-30-13-5-7-19-36(30)32/h4-9,12-21,26-28,33,37-39,49H,1-3,10-11,22-25,43H2,(H,44,47)(H,45,46)/t37-,38-,39+/m0/s1. The number of rotatable bonds is 13. The van der Waals surface area contributed by atoms with E-state index in [0.29, 0.717) is 30.8 Å². The molecule has 0 aliphatic heterocycles. The van der Waals surface area contributed by atoms with E-state index in [4.69, 9.17) is 5.73 Å². The molecule has 262 valence electrons. The summed E-state index contributed by atoms with van der Waals surface area (Å²) in [4.78, 5) is 46.2. The lowest BCUT2D eigenvalue weighted by molar-refractivity contribution is -0.155. The molecule has 2 amide bonds. The predicted octanol–water partition coefficient (Wildman–Crippen LogP) is 6.84. The summed E-state index contributed by atoms with van der Waals surface area (Å²) >= 11 is 0. The van der Waals surface area contributed by atoms with Gasteiger partial charge in [0.2, 0.25) is 11.8 Å². The second-order valence-electron chi connectivity index (χ2n) is 14.0. The molecule has 9 nitrogen and oxygen atoms in total. The van der Waals surface area contributed by atoms with Gasteiger partial charge in [0, 0.05) is 36.6 Å². The minimum atomic E-state index is -1.22. The van der Waals surface area contributed by atoms with Gasteiger partial charge in [-0.3, -0.25) is 14.5 Å². The number of aliphatic hydroxyl groups is 1. The first kappa shape index (κ1) is 34.3. The monoisotopic (exact) mass is 682 g/mol. The molecule has 9 heteroatoms. The number of hydrogen-bond acceptors (Lipinski definition) is 6. The number of aromatic amines is 2. The van der Waals surface area contributed by atoms with Crippen LogP contribution < -0.4 is 5.73 Å². The molecule has 5 N–H and O–H groups in total. The average molecular weight is 683 g/mol. The number of benzene rings is 4. The number of imidazole rings is 2. The number of carbonyl (C=O) groups excluding carboxylic acids is 2. The van der Waals surface area contributed by atoms with Gasteiger partial charge in [0.15, 0.2) is 0 Å². The number of nitrogens with zero attached hydrogens (tertiary/aromatic N) is 3. The molecule has 2 heterocycles. The van der Waals surface area contributed by atoms with E-state index in [1.54, 1.807) is 24.9 Å². The fourth-order valence-electron chi connectivity index (χ4n) is 8.01. The molecule has 1 aliphatic rings. The molecule has 7 rings (SSSR count). The van der Waals surface area contributed by atoms with Crippen LogP contribution in [0, 0.1) is 11.8 Å². The summed E-state index contributed by atoms with van der Waals surface area (Å²) in [6, 6.07) is 26.8. The Hall–Kier alpha value is -5.12. The summed E-state index contributed by atoms with van der Waals surface area (Å²) in [5.41, 5.74) is 9.44. The molecule has 1 aliphatic carbocycles. The first-order valence-corrected chi connectivity index (χ1v) is 18.2. The highest BCUT2D eigenvalue weighted by molar-refractivity contribution is 6.00. The van der Waals surface area contributed by atoms with Crippen molar-refractivity contribution in [3.8, 4) is 0 Å². The van der Waals surface area contributed by atoms with Crippen molar-refractivity contribution in [2.75, 3.05) is 0 Å². The normalized spacial score (nSPS) is 15.6. The summed E-state index contributed by atoms with van der Waals surface area (Å²) in [6.45, 7) is 0. The smallest absolute Gasteiger partial charge is 0.246 e. The van der Waals surface area contributed by atoms with E-state index >= 15 is 4.79 Å². The first-order chi connectivity index (χ1) is 25.0. The quantitative estimate of drug-likeness (QED) is 0.105. The van der Waals surface area contributed by atoms with Crippen LogP contribution in [0.4, 0.5) is 0 Å². The van der Waals surface area contributed by atoms with E-state index in [0.717, 1.165) is 64.8 Å². The third-order valence-electron chi connectivity index (χ3n) is 10.6. The van der Waals surface area contributed by atoms with Crippen molar-refractivity contribution in [2.45, 2.75) is 76.0 Å². The molecule has 6 aromatic rings. The molecule has 0 bridgehead atoms. The Kier molecular flexibility index (Phi) is 10.7. The number of nitrogens with two attached hydrogens (primary N) is 1. The predicted molar refractivity (Wildman–Crippen MR) is 199 cm³/mol. The minimum Gasteiger partial charge on any atom is -0.383 e. The summed E-state index contributed by atoms with van der Waals surface area (Å²) < 4.78 is 0. The molecular weight excluding hydrogens is 637 g/mol. The van der Waals surface area contributed by atoms with Crippen LogP contribution in [0.2, 0.25) is 0 Å². The molecule has 0 saturated heterocycles. The van der Waals surface area contributed by atoms with E-state index in [9.17, 15) is 9.90 Å². The number of nitrogens with one attached hydrogen (secondary N) is 2. The van der Waals surface area contributed by atoms with Crippen LogP contribution in [0.5, 0.6) is 0 Å². The maximum absolute atomic E-state index is 15.5. The van der Waals surface area contributed by atoms with Crippen LogP contribution in [0.15, 0.2) is 110 Å². The second-order valence-corrected chi connectivity index (χ2v) is 14.0. The van der Waals surface area contributed by atoms with Crippen molar-refractivity contribution in [3.63, 3.8) is 0 Å². The Labute approximate surface area is 298 Å². The van der Waals surface area contributed by atoms with Crippen molar-refractivity contribution < 1.29 is 14.7 Å². The third kappa shape index (κ3) is 7.80. The zero-order valence-corrected chi connectivity index (χ0v) is 28.8. The molecule has 2 aromatic heterocycles. The van der Waals surface area contributed by atoms with Gasteiger partial charge >= 0.3 is 0 Å². The van der Waals surface area contributed by atoms with E-state index in [1.807, 2.05) is 36.4 Å². The van der Waals surface area contributed by atoms with E-state index in [2.05, 4.69) is 68.5 Å². The number of hydrogen-bond donors (Lipinski definition) is 4. The molecule has 0 unspecified atom stereocenters. The van der Waals surface area contributed by atoms with E-state index in [-0.39, 0.29) is 18.2 Å². The van der Waals surface area contributed by atoms with Crippen molar-refractivity contribution in [1.29, 1.82) is 0 Å². The number of carbonyl (C=O) groups is 2. The highest BCUT2D eigenvalue weighted by Gasteiger charge is 2.42. The summed E-state index contributed by atoms with van der Waals surface area (Å²) in [5, 5.41) is 16.4. The fourth-order valence-corrected chi connectivity index (χ4v) is 8.01. The number of fused-ring (bicyclic) bond motifs is 2. The molecule has 0 radical (unpaired) electrons. The van der Waals surface area contributed by atoms with E-state index < -0.39 is 30.0 Å². The van der Waals surface area contributed by atoms with Crippen LogP contribution in [0.1, 0.15) is 67.3 Å². The molecule has 0 spiro atoms. The van der Waals surface area contributed by atoms with Crippen LogP contribution >= 0.6 is 0 Å². The zero-order valence-electron chi connectivity index (χ0n) is 28.8. The van der Waals surface area contributed by atoms with Gasteiger partial charge in [-0.15, -0.1) is 0 Å². The van der Waals surface area contributed by atoms with Gasteiger partial charge in [-0.2, -0.15) is 0 Å². The van der Waals surface area contributed by atoms with Gasteiger partial charge in [-0.1, -0.05) is 117 Å². The van der Waals surface area contributed by atoms with Crippen molar-refractivity contribution in [2.24, 2.45) is 17.6 Å². The number of imide groups is 1. The van der Waals surface area contributed by atoms with Gasteiger partial charge in [-0.25, -0.2) is 9.97 Å². The molecular formula is C42H46N6O3. The Morgan fingerprint density at radius 3 is 2.02 bits per heavy atom. The van der Waals surface area contributed by atoms with Gasteiger partial charge in [0.25, 0.3) is 0 Å². The lowest BCUT2D eigenvalue weighted by Gasteiger charge is -2.39. The van der Waals surface area contributed by atoms with Crippen LogP contribution in [0.25, 0.3) is 21.5 Å². The molecule has 1 saturated carbocycles. The minimum absolute atomic E-state index is 0.174. The summed E-state index contributed by atoms with van der Waals surface area (Å²) in [7, 11) is 0. The first-order valence-electron chi connectivity index (χ1n) is 18.2. The zero-order chi connectivity index (χ0) is 35.2. The largest absolute Gasteiger partial charge is 0.383 e. The Morgan fingerprint density at radius 1 is 0.804 bits per heavy atom.